The molecular formula is C14H15N3O. The van der Waals surface area contributed by atoms with Gasteiger partial charge in [0.15, 0.2) is 0 Å². The Morgan fingerprint density at radius 3 is 2.61 bits per heavy atom. The van der Waals surface area contributed by atoms with Gasteiger partial charge in [0, 0.05) is 0 Å². The summed E-state index contributed by atoms with van der Waals surface area (Å²) >= 11 is 0. The second-order valence-electron chi connectivity index (χ2n) is 5.03. The van der Waals surface area contributed by atoms with E-state index in [9.17, 15) is 0 Å². The van der Waals surface area contributed by atoms with Crippen molar-refractivity contribution in [2.45, 2.75) is 25.4 Å². The first-order chi connectivity index (χ1) is 8.59. The third-order valence-electron chi connectivity index (χ3n) is 3.35. The van der Waals surface area contributed by atoms with E-state index in [4.69, 9.17) is 10.5 Å². The molecule has 0 bridgehead atoms. The molecule has 1 aromatic heterocycles. The summed E-state index contributed by atoms with van der Waals surface area (Å²) in [7, 11) is 0. The van der Waals surface area contributed by atoms with Crippen molar-refractivity contribution < 1.29 is 4.74 Å². The number of benzene rings is 1. The molecule has 0 unspecified atom stereocenters. The molecule has 1 atom stereocenters. The summed E-state index contributed by atoms with van der Waals surface area (Å²) in [5.41, 5.74) is 7.69. The van der Waals surface area contributed by atoms with Gasteiger partial charge in [0.1, 0.15) is 17.7 Å². The van der Waals surface area contributed by atoms with E-state index in [1.807, 2.05) is 32.0 Å². The smallest absolute Gasteiger partial charge is 0.223 e. The van der Waals surface area contributed by atoms with Gasteiger partial charge in [0.2, 0.25) is 5.88 Å². The number of anilines is 1. The lowest BCUT2D eigenvalue weighted by Crippen LogP contribution is -2.31. The van der Waals surface area contributed by atoms with E-state index in [-0.39, 0.29) is 11.5 Å². The molecule has 0 fully saturated rings. The van der Waals surface area contributed by atoms with E-state index in [0.29, 0.717) is 11.7 Å². The highest BCUT2D eigenvalue weighted by Crippen LogP contribution is 2.48. The predicted octanol–water partition coefficient (Wildman–Crippen LogP) is 2.36. The Morgan fingerprint density at radius 1 is 1.17 bits per heavy atom. The number of aromatic nitrogens is 2. The monoisotopic (exact) mass is 241 g/mol. The Labute approximate surface area is 106 Å². The predicted molar refractivity (Wildman–Crippen MR) is 69.4 cm³/mol. The first kappa shape index (κ1) is 11.0. The van der Waals surface area contributed by atoms with E-state index >= 15 is 0 Å². The quantitative estimate of drug-likeness (QED) is 0.832. The van der Waals surface area contributed by atoms with Crippen LogP contribution >= 0.6 is 0 Å². The molecule has 0 aliphatic carbocycles. The number of nitrogens with zero attached hydrogens (tertiary/aromatic N) is 2. The number of nitrogen functional groups attached to an aromatic ring is 1. The molecule has 3 rings (SSSR count). The summed E-state index contributed by atoms with van der Waals surface area (Å²) in [5, 5.41) is 0. The first-order valence-corrected chi connectivity index (χ1v) is 5.94. The van der Waals surface area contributed by atoms with Gasteiger partial charge in [-0.25, -0.2) is 9.97 Å². The van der Waals surface area contributed by atoms with Gasteiger partial charge in [0.05, 0.1) is 11.5 Å². The molecule has 1 aliphatic heterocycles. The van der Waals surface area contributed by atoms with E-state index in [0.717, 1.165) is 5.56 Å². The van der Waals surface area contributed by atoms with Crippen molar-refractivity contribution in [3.05, 3.63) is 47.8 Å². The second kappa shape index (κ2) is 3.70. The fourth-order valence-electron chi connectivity index (χ4n) is 2.61. The Balaban J connectivity index is 2.20. The third kappa shape index (κ3) is 1.53. The van der Waals surface area contributed by atoms with Gasteiger partial charge in [0.25, 0.3) is 0 Å². The van der Waals surface area contributed by atoms with Gasteiger partial charge in [-0.1, -0.05) is 30.3 Å². The molecular weight excluding hydrogens is 226 g/mol. The molecule has 2 N–H and O–H groups in total. The summed E-state index contributed by atoms with van der Waals surface area (Å²) in [5.74, 6) is 1.16. The molecule has 92 valence electrons. The molecule has 1 aromatic carbocycles. The lowest BCUT2D eigenvalue weighted by Gasteiger charge is -2.26. The van der Waals surface area contributed by atoms with Gasteiger partial charge < -0.3 is 10.5 Å². The van der Waals surface area contributed by atoms with Crippen LogP contribution < -0.4 is 10.5 Å². The van der Waals surface area contributed by atoms with Crippen molar-refractivity contribution >= 4 is 5.82 Å². The number of rotatable bonds is 1. The maximum Gasteiger partial charge on any atom is 0.223 e. The standard InChI is InChI=1S/C14H15N3O/c1-14(2)11(9-6-4-3-5-7-9)10-12(15)16-8-17-13(10)18-14/h3-8,11H,1-2H3,(H2,15,16,17)/t11-/m0/s1. The summed E-state index contributed by atoms with van der Waals surface area (Å²) < 4.78 is 5.91. The van der Waals surface area contributed by atoms with Crippen molar-refractivity contribution in [2.75, 3.05) is 5.73 Å². The lowest BCUT2D eigenvalue weighted by atomic mass is 9.82. The molecule has 0 spiro atoms. The van der Waals surface area contributed by atoms with Crippen molar-refractivity contribution in [1.82, 2.24) is 9.97 Å². The topological polar surface area (TPSA) is 61.0 Å². The zero-order chi connectivity index (χ0) is 12.8. The highest BCUT2D eigenvalue weighted by molar-refractivity contribution is 5.55. The molecule has 18 heavy (non-hydrogen) atoms. The number of fused-ring (bicyclic) bond motifs is 1. The van der Waals surface area contributed by atoms with Crippen LogP contribution in [0.1, 0.15) is 30.9 Å². The molecule has 4 nitrogen and oxygen atoms in total. The van der Waals surface area contributed by atoms with Gasteiger partial charge in [-0.05, 0) is 19.4 Å². The molecule has 2 heterocycles. The molecule has 2 aromatic rings. The van der Waals surface area contributed by atoms with Crippen LogP contribution in [0.4, 0.5) is 5.82 Å². The maximum atomic E-state index is 5.99. The van der Waals surface area contributed by atoms with Crippen LogP contribution in [0, 0.1) is 0 Å². The molecule has 0 radical (unpaired) electrons. The molecule has 0 saturated heterocycles. The number of hydrogen-bond acceptors (Lipinski definition) is 4. The van der Waals surface area contributed by atoms with Crippen LogP contribution in [-0.4, -0.2) is 15.6 Å². The van der Waals surface area contributed by atoms with Crippen LogP contribution in [0.15, 0.2) is 36.7 Å². The fourth-order valence-corrected chi connectivity index (χ4v) is 2.61. The first-order valence-electron chi connectivity index (χ1n) is 5.94. The number of nitrogens with two attached hydrogens (primary N) is 1. The largest absolute Gasteiger partial charge is 0.470 e. The van der Waals surface area contributed by atoms with Crippen molar-refractivity contribution in [2.24, 2.45) is 0 Å². The van der Waals surface area contributed by atoms with E-state index in [1.54, 1.807) is 0 Å². The zero-order valence-electron chi connectivity index (χ0n) is 10.4. The molecule has 0 amide bonds. The molecule has 4 heteroatoms. The minimum Gasteiger partial charge on any atom is -0.470 e. The average Bonchev–Trinajstić information content (AvgIpc) is 2.62. The summed E-state index contributed by atoms with van der Waals surface area (Å²) in [6.45, 7) is 4.09. The SMILES string of the molecule is CC1(C)Oc2ncnc(N)c2[C@@H]1c1ccccc1. The summed E-state index contributed by atoms with van der Waals surface area (Å²) in [6, 6.07) is 10.2. The van der Waals surface area contributed by atoms with E-state index < -0.39 is 0 Å². The minimum absolute atomic E-state index is 0.0647. The van der Waals surface area contributed by atoms with Crippen LogP contribution in [0.3, 0.4) is 0 Å². The Kier molecular flexibility index (Phi) is 2.26. The highest BCUT2D eigenvalue weighted by atomic mass is 16.5. The van der Waals surface area contributed by atoms with Crippen molar-refractivity contribution in [1.29, 1.82) is 0 Å². The van der Waals surface area contributed by atoms with Crippen LogP contribution in [0.2, 0.25) is 0 Å². The van der Waals surface area contributed by atoms with E-state index in [1.165, 1.54) is 11.9 Å². The number of hydrogen-bond donors (Lipinski definition) is 1. The normalized spacial score (nSPS) is 20.2. The molecule has 1 aliphatic rings. The van der Waals surface area contributed by atoms with Crippen molar-refractivity contribution in [3.8, 4) is 5.88 Å². The summed E-state index contributed by atoms with van der Waals surface area (Å²) in [6.07, 6.45) is 1.44. The van der Waals surface area contributed by atoms with Crippen LogP contribution in [0.25, 0.3) is 0 Å². The Morgan fingerprint density at radius 2 is 1.89 bits per heavy atom. The Bertz CT molecular complexity index is 581. The van der Waals surface area contributed by atoms with Gasteiger partial charge in [-0.3, -0.25) is 0 Å². The van der Waals surface area contributed by atoms with Gasteiger partial charge in [-0.15, -0.1) is 0 Å². The number of ether oxygens (including phenoxy) is 1. The Hall–Kier alpha value is -2.10. The lowest BCUT2D eigenvalue weighted by molar-refractivity contribution is 0.117. The van der Waals surface area contributed by atoms with Gasteiger partial charge >= 0.3 is 0 Å². The fraction of sp³-hybridized carbons (Fsp3) is 0.286. The van der Waals surface area contributed by atoms with Crippen LogP contribution in [-0.2, 0) is 0 Å². The highest BCUT2D eigenvalue weighted by Gasteiger charge is 2.44. The van der Waals surface area contributed by atoms with Crippen molar-refractivity contribution in [3.63, 3.8) is 0 Å². The maximum absolute atomic E-state index is 5.99. The minimum atomic E-state index is -0.367. The third-order valence-corrected chi connectivity index (χ3v) is 3.35. The molecule has 0 saturated carbocycles. The van der Waals surface area contributed by atoms with Gasteiger partial charge in [-0.2, -0.15) is 0 Å². The summed E-state index contributed by atoms with van der Waals surface area (Å²) in [4.78, 5) is 8.26. The van der Waals surface area contributed by atoms with Crippen LogP contribution in [0.5, 0.6) is 5.88 Å². The average molecular weight is 241 g/mol. The zero-order valence-corrected chi connectivity index (χ0v) is 10.4. The van der Waals surface area contributed by atoms with E-state index in [2.05, 4.69) is 22.1 Å². The second-order valence-corrected chi connectivity index (χ2v) is 5.03.